The van der Waals surface area contributed by atoms with Crippen molar-refractivity contribution >= 4 is 22.7 Å². The molecule has 2 aromatic carbocycles. The molecule has 114 valence electrons. The molecule has 0 atom stereocenters. The summed E-state index contributed by atoms with van der Waals surface area (Å²) in [5, 5.41) is 5.46. The van der Waals surface area contributed by atoms with Crippen LogP contribution in [-0.4, -0.2) is 11.4 Å². The van der Waals surface area contributed by atoms with Crippen LogP contribution in [0.1, 0.15) is 11.1 Å². The van der Waals surface area contributed by atoms with Gasteiger partial charge in [-0.25, -0.2) is 0 Å². The molecule has 0 amide bonds. The maximum absolute atomic E-state index is 13.0. The highest BCUT2D eigenvalue weighted by atomic mass is 32.2. The molecule has 0 aliphatic heterocycles. The minimum absolute atomic E-state index is 0.530. The van der Waals surface area contributed by atoms with Crippen LogP contribution in [0.25, 0.3) is 22.1 Å². The van der Waals surface area contributed by atoms with Gasteiger partial charge in [-0.2, -0.15) is 13.2 Å². The second kappa shape index (κ2) is 5.35. The zero-order valence-corrected chi connectivity index (χ0v) is 12.7. The summed E-state index contributed by atoms with van der Waals surface area (Å²) < 4.78 is 44.1. The van der Waals surface area contributed by atoms with Crippen molar-refractivity contribution in [3.63, 3.8) is 0 Å². The van der Waals surface area contributed by atoms with Crippen LogP contribution in [0.15, 0.2) is 45.9 Å². The largest absolute Gasteiger partial charge is 0.416 e. The van der Waals surface area contributed by atoms with Crippen LogP contribution in [0.5, 0.6) is 0 Å². The number of alkyl halides is 3. The van der Waals surface area contributed by atoms with Crippen LogP contribution in [0.4, 0.5) is 13.2 Å². The Morgan fingerprint density at radius 1 is 1.05 bits per heavy atom. The van der Waals surface area contributed by atoms with Crippen molar-refractivity contribution in [1.82, 2.24) is 5.16 Å². The third-order valence-electron chi connectivity index (χ3n) is 3.37. The summed E-state index contributed by atoms with van der Waals surface area (Å²) in [6.07, 6.45) is -2.48. The van der Waals surface area contributed by atoms with E-state index in [9.17, 15) is 13.2 Å². The third-order valence-corrected chi connectivity index (χ3v) is 4.05. The molecule has 22 heavy (non-hydrogen) atoms. The maximum Gasteiger partial charge on any atom is 0.416 e. The number of thioether (sulfide) groups is 1. The van der Waals surface area contributed by atoms with Gasteiger partial charge in [0.25, 0.3) is 0 Å². The molecule has 0 unspecified atom stereocenters. The number of rotatable bonds is 2. The van der Waals surface area contributed by atoms with E-state index < -0.39 is 11.7 Å². The molecule has 1 heterocycles. The number of aryl methyl sites for hydroxylation is 1. The van der Waals surface area contributed by atoms with E-state index >= 15 is 0 Å². The topological polar surface area (TPSA) is 26.0 Å². The van der Waals surface area contributed by atoms with Crippen LogP contribution in [0, 0.1) is 6.92 Å². The molecule has 0 fully saturated rings. The molecule has 0 saturated carbocycles. The molecule has 2 nitrogen and oxygen atoms in total. The summed E-state index contributed by atoms with van der Waals surface area (Å²) in [5.41, 5.74) is 1.79. The summed E-state index contributed by atoms with van der Waals surface area (Å²) in [5.74, 6) is 0. The fraction of sp³-hybridized carbons (Fsp3) is 0.188. The van der Waals surface area contributed by atoms with E-state index in [0.29, 0.717) is 22.3 Å². The Balaban J connectivity index is 2.16. The molecule has 3 aromatic rings. The van der Waals surface area contributed by atoms with Crippen molar-refractivity contribution in [3.05, 3.63) is 47.5 Å². The van der Waals surface area contributed by atoms with Gasteiger partial charge in [0.2, 0.25) is 0 Å². The predicted octanol–water partition coefficient (Wildman–Crippen LogP) is 5.54. The lowest BCUT2D eigenvalue weighted by atomic mass is 9.99. The summed E-state index contributed by atoms with van der Waals surface area (Å²) in [6.45, 7) is 1.66. The SMILES string of the molecule is CSc1noc2ccc(-c3cc(C)cc(C(F)(F)F)c3)cc12. The van der Waals surface area contributed by atoms with Crippen molar-refractivity contribution in [1.29, 1.82) is 0 Å². The fourth-order valence-electron chi connectivity index (χ4n) is 2.36. The van der Waals surface area contributed by atoms with Crippen LogP contribution in [0.2, 0.25) is 0 Å². The van der Waals surface area contributed by atoms with E-state index in [1.54, 1.807) is 25.1 Å². The van der Waals surface area contributed by atoms with E-state index in [2.05, 4.69) is 5.16 Å². The lowest BCUT2D eigenvalue weighted by Crippen LogP contribution is -2.05. The monoisotopic (exact) mass is 323 g/mol. The Morgan fingerprint density at radius 2 is 1.82 bits per heavy atom. The van der Waals surface area contributed by atoms with Crippen LogP contribution in [-0.2, 0) is 6.18 Å². The van der Waals surface area contributed by atoms with E-state index in [1.165, 1.54) is 17.8 Å². The minimum Gasteiger partial charge on any atom is -0.355 e. The van der Waals surface area contributed by atoms with Gasteiger partial charge in [0, 0.05) is 0 Å². The second-order valence-electron chi connectivity index (χ2n) is 4.99. The minimum atomic E-state index is -4.35. The van der Waals surface area contributed by atoms with Crippen molar-refractivity contribution in [2.75, 3.05) is 6.26 Å². The van der Waals surface area contributed by atoms with Crippen molar-refractivity contribution in [2.24, 2.45) is 0 Å². The Labute approximate surface area is 129 Å². The van der Waals surface area contributed by atoms with E-state index in [0.717, 1.165) is 16.5 Å². The lowest BCUT2D eigenvalue weighted by molar-refractivity contribution is -0.137. The summed E-state index contributed by atoms with van der Waals surface area (Å²) >= 11 is 1.43. The standard InChI is InChI=1S/C16H12F3NOS/c1-9-5-11(7-12(6-9)16(17,18)19)10-3-4-14-13(8-10)15(22-2)20-21-14/h3-8H,1-2H3. The molecule has 3 rings (SSSR count). The normalized spacial score (nSPS) is 12.0. The van der Waals surface area contributed by atoms with Gasteiger partial charge in [0.1, 0.15) is 5.03 Å². The second-order valence-corrected chi connectivity index (χ2v) is 5.78. The molecule has 0 saturated heterocycles. The van der Waals surface area contributed by atoms with E-state index in [1.807, 2.05) is 12.3 Å². The molecule has 6 heteroatoms. The quantitative estimate of drug-likeness (QED) is 0.579. The highest BCUT2D eigenvalue weighted by Crippen LogP contribution is 2.35. The van der Waals surface area contributed by atoms with Gasteiger partial charge in [0.05, 0.1) is 10.9 Å². The lowest BCUT2D eigenvalue weighted by Gasteiger charge is -2.11. The molecule has 0 aliphatic carbocycles. The summed E-state index contributed by atoms with van der Waals surface area (Å²) in [6, 6.07) is 9.34. The third kappa shape index (κ3) is 2.70. The molecular formula is C16H12F3NOS. The van der Waals surface area contributed by atoms with Gasteiger partial charge in [0.15, 0.2) is 5.58 Å². The summed E-state index contributed by atoms with van der Waals surface area (Å²) in [4.78, 5) is 0. The molecule has 0 radical (unpaired) electrons. The molecular weight excluding hydrogens is 311 g/mol. The Kier molecular flexibility index (Phi) is 3.64. The maximum atomic E-state index is 13.0. The van der Waals surface area contributed by atoms with Gasteiger partial charge >= 0.3 is 6.18 Å². The van der Waals surface area contributed by atoms with E-state index in [-0.39, 0.29) is 0 Å². The average Bonchev–Trinajstić information content (AvgIpc) is 2.87. The van der Waals surface area contributed by atoms with Crippen LogP contribution >= 0.6 is 11.8 Å². The van der Waals surface area contributed by atoms with Gasteiger partial charge in [-0.05, 0) is 54.1 Å². The van der Waals surface area contributed by atoms with Gasteiger partial charge < -0.3 is 4.52 Å². The van der Waals surface area contributed by atoms with Gasteiger partial charge in [-0.1, -0.05) is 17.3 Å². The number of nitrogens with zero attached hydrogens (tertiary/aromatic N) is 1. The fourth-order valence-corrected chi connectivity index (χ4v) is 2.85. The first-order chi connectivity index (χ1) is 10.4. The number of fused-ring (bicyclic) bond motifs is 1. The Hall–Kier alpha value is -1.95. The molecule has 0 N–H and O–H groups in total. The first-order valence-corrected chi connectivity index (χ1v) is 7.73. The molecule has 0 spiro atoms. The average molecular weight is 323 g/mol. The zero-order chi connectivity index (χ0) is 15.9. The molecule has 1 aromatic heterocycles. The van der Waals surface area contributed by atoms with Crippen LogP contribution < -0.4 is 0 Å². The highest BCUT2D eigenvalue weighted by molar-refractivity contribution is 7.98. The van der Waals surface area contributed by atoms with Gasteiger partial charge in [-0.15, -0.1) is 11.8 Å². The van der Waals surface area contributed by atoms with Crippen molar-refractivity contribution in [2.45, 2.75) is 18.1 Å². The highest BCUT2D eigenvalue weighted by Gasteiger charge is 2.31. The van der Waals surface area contributed by atoms with Crippen molar-refractivity contribution in [3.8, 4) is 11.1 Å². The zero-order valence-electron chi connectivity index (χ0n) is 11.9. The van der Waals surface area contributed by atoms with E-state index in [4.69, 9.17) is 4.52 Å². The Bertz CT molecular complexity index is 839. The number of hydrogen-bond donors (Lipinski definition) is 0. The first kappa shape index (κ1) is 15.0. The summed E-state index contributed by atoms with van der Waals surface area (Å²) in [7, 11) is 0. The predicted molar refractivity (Wildman–Crippen MR) is 81.0 cm³/mol. The number of hydrogen-bond acceptors (Lipinski definition) is 3. The molecule has 0 bridgehead atoms. The Morgan fingerprint density at radius 3 is 2.50 bits per heavy atom. The molecule has 0 aliphatic rings. The number of halogens is 3. The van der Waals surface area contributed by atoms with Crippen molar-refractivity contribution < 1.29 is 17.7 Å². The number of benzene rings is 2. The smallest absolute Gasteiger partial charge is 0.355 e. The van der Waals surface area contributed by atoms with Gasteiger partial charge in [-0.3, -0.25) is 0 Å². The number of aromatic nitrogens is 1. The van der Waals surface area contributed by atoms with Crippen LogP contribution in [0.3, 0.4) is 0 Å². The first-order valence-electron chi connectivity index (χ1n) is 6.51.